The molecule has 110 valence electrons. The summed E-state index contributed by atoms with van der Waals surface area (Å²) in [6, 6.07) is 12.7. The maximum absolute atomic E-state index is 9.07. The van der Waals surface area contributed by atoms with Crippen molar-refractivity contribution < 1.29 is 15.1 Å². The summed E-state index contributed by atoms with van der Waals surface area (Å²) in [5.74, 6) is 1.32. The molecule has 5 nitrogen and oxygen atoms in total. The van der Waals surface area contributed by atoms with Crippen LogP contribution in [-0.4, -0.2) is 22.8 Å². The van der Waals surface area contributed by atoms with E-state index in [2.05, 4.69) is 21.1 Å². The second kappa shape index (κ2) is 7.10. The van der Waals surface area contributed by atoms with E-state index in [0.29, 0.717) is 28.0 Å². The summed E-state index contributed by atoms with van der Waals surface area (Å²) in [6.07, 6.45) is 0.524. The van der Waals surface area contributed by atoms with Gasteiger partial charge in [0.1, 0.15) is 11.5 Å². The molecule has 0 bridgehead atoms. The molecule has 0 atom stereocenters. The number of halogens is 1. The van der Waals surface area contributed by atoms with E-state index in [1.165, 1.54) is 0 Å². The molecule has 2 aromatic carbocycles. The summed E-state index contributed by atoms with van der Waals surface area (Å²) < 4.78 is 6.55. The van der Waals surface area contributed by atoms with Gasteiger partial charge in [-0.3, -0.25) is 0 Å². The lowest BCUT2D eigenvalue weighted by molar-refractivity contribution is 0.298. The predicted molar refractivity (Wildman–Crippen MR) is 84.0 cm³/mol. The first-order chi connectivity index (χ1) is 10.2. The second-order valence-corrected chi connectivity index (χ2v) is 5.17. The lowest BCUT2D eigenvalue weighted by Gasteiger charge is -2.12. The van der Waals surface area contributed by atoms with Crippen molar-refractivity contribution in [2.45, 2.75) is 6.42 Å². The molecular formula is C15H15BrN2O3. The summed E-state index contributed by atoms with van der Waals surface area (Å²) in [5.41, 5.74) is 7.05. The second-order valence-electron chi connectivity index (χ2n) is 4.31. The summed E-state index contributed by atoms with van der Waals surface area (Å²) in [4.78, 5) is 0. The highest BCUT2D eigenvalue weighted by Crippen LogP contribution is 2.32. The van der Waals surface area contributed by atoms with Crippen molar-refractivity contribution in [3.63, 3.8) is 0 Å². The number of benzene rings is 2. The zero-order chi connectivity index (χ0) is 15.2. The minimum atomic E-state index is 0.0305. The van der Waals surface area contributed by atoms with E-state index in [0.717, 1.165) is 5.56 Å². The van der Waals surface area contributed by atoms with E-state index in [1.807, 2.05) is 24.3 Å². The Hall–Kier alpha value is -2.05. The number of aliphatic hydroxyl groups is 1. The zero-order valence-electron chi connectivity index (χ0n) is 11.2. The third kappa shape index (κ3) is 3.74. The molecule has 2 aromatic rings. The molecule has 0 aliphatic heterocycles. The van der Waals surface area contributed by atoms with Gasteiger partial charge in [0.15, 0.2) is 5.84 Å². The number of nitrogens with zero attached hydrogens (tertiary/aromatic N) is 1. The monoisotopic (exact) mass is 350 g/mol. The van der Waals surface area contributed by atoms with Crippen molar-refractivity contribution in [3.05, 3.63) is 58.1 Å². The van der Waals surface area contributed by atoms with Crippen molar-refractivity contribution in [2.75, 3.05) is 6.61 Å². The van der Waals surface area contributed by atoms with Gasteiger partial charge in [-0.05, 0) is 52.2 Å². The molecule has 0 saturated heterocycles. The van der Waals surface area contributed by atoms with Gasteiger partial charge in [-0.1, -0.05) is 23.4 Å². The van der Waals surface area contributed by atoms with Gasteiger partial charge in [0.05, 0.1) is 4.47 Å². The van der Waals surface area contributed by atoms with Gasteiger partial charge < -0.3 is 20.8 Å². The van der Waals surface area contributed by atoms with Crippen LogP contribution in [0, 0.1) is 0 Å². The van der Waals surface area contributed by atoms with E-state index < -0.39 is 0 Å². The summed E-state index contributed by atoms with van der Waals surface area (Å²) in [6.45, 7) is 0.0595. The van der Waals surface area contributed by atoms with Crippen molar-refractivity contribution in [2.24, 2.45) is 10.9 Å². The topological polar surface area (TPSA) is 88.1 Å². The molecule has 0 heterocycles. The molecule has 0 radical (unpaired) electrons. The molecule has 2 rings (SSSR count). The van der Waals surface area contributed by atoms with Gasteiger partial charge in [0.25, 0.3) is 0 Å². The Kier molecular flexibility index (Phi) is 5.19. The van der Waals surface area contributed by atoms with Gasteiger partial charge in [0, 0.05) is 12.2 Å². The fraction of sp³-hybridized carbons (Fsp3) is 0.133. The Labute approximate surface area is 130 Å². The minimum absolute atomic E-state index is 0.0305. The van der Waals surface area contributed by atoms with Crippen LogP contribution in [0.15, 0.2) is 52.1 Å². The van der Waals surface area contributed by atoms with Crippen molar-refractivity contribution in [1.29, 1.82) is 0 Å². The number of amidine groups is 1. The molecule has 21 heavy (non-hydrogen) atoms. The Morgan fingerprint density at radius 3 is 2.62 bits per heavy atom. The van der Waals surface area contributed by atoms with Crippen LogP contribution < -0.4 is 10.5 Å². The molecule has 0 saturated carbocycles. The average molecular weight is 351 g/mol. The summed E-state index contributed by atoms with van der Waals surface area (Å²) in [5, 5.41) is 20.7. The summed E-state index contributed by atoms with van der Waals surface area (Å²) in [7, 11) is 0. The molecule has 0 aliphatic carbocycles. The molecule has 0 amide bonds. The van der Waals surface area contributed by atoms with Crippen LogP contribution in [0.3, 0.4) is 0 Å². The fourth-order valence-corrected chi connectivity index (χ4v) is 2.31. The van der Waals surface area contributed by atoms with E-state index in [9.17, 15) is 0 Å². The Morgan fingerprint density at radius 1 is 1.19 bits per heavy atom. The number of ether oxygens (including phenoxy) is 1. The number of nitrogens with two attached hydrogens (primary N) is 1. The SMILES string of the molecule is N/C(=N/O)c1ccc(Oc2ccccc2CCO)c(Br)c1. The lowest BCUT2D eigenvalue weighted by atomic mass is 10.1. The third-order valence-corrected chi connectivity index (χ3v) is 3.53. The number of oxime groups is 1. The first-order valence-corrected chi connectivity index (χ1v) is 7.09. The van der Waals surface area contributed by atoms with Crippen LogP contribution in [0.1, 0.15) is 11.1 Å². The fourth-order valence-electron chi connectivity index (χ4n) is 1.85. The predicted octanol–water partition coefficient (Wildman–Crippen LogP) is 2.87. The standard InChI is InChI=1S/C15H15BrN2O3/c16-12-9-11(15(17)18-20)5-6-14(12)21-13-4-2-1-3-10(13)7-8-19/h1-6,9,19-20H,7-8H2,(H2,17,18). The van der Waals surface area contributed by atoms with E-state index >= 15 is 0 Å². The molecule has 0 aromatic heterocycles. The van der Waals surface area contributed by atoms with E-state index in [-0.39, 0.29) is 12.4 Å². The van der Waals surface area contributed by atoms with E-state index in [4.69, 9.17) is 20.8 Å². The smallest absolute Gasteiger partial charge is 0.170 e. The Morgan fingerprint density at radius 2 is 1.95 bits per heavy atom. The number of aliphatic hydroxyl groups excluding tert-OH is 1. The minimum Gasteiger partial charge on any atom is -0.456 e. The number of hydrogen-bond acceptors (Lipinski definition) is 4. The maximum Gasteiger partial charge on any atom is 0.170 e. The average Bonchev–Trinajstić information content (AvgIpc) is 2.50. The van der Waals surface area contributed by atoms with Gasteiger partial charge >= 0.3 is 0 Å². The molecule has 0 fully saturated rings. The van der Waals surface area contributed by atoms with Crippen LogP contribution in [0.25, 0.3) is 0 Å². The van der Waals surface area contributed by atoms with Crippen molar-refractivity contribution in [1.82, 2.24) is 0 Å². The molecule has 4 N–H and O–H groups in total. The van der Waals surface area contributed by atoms with Crippen molar-refractivity contribution in [3.8, 4) is 11.5 Å². The molecule has 0 aliphatic rings. The highest BCUT2D eigenvalue weighted by atomic mass is 79.9. The third-order valence-electron chi connectivity index (χ3n) is 2.91. The highest BCUT2D eigenvalue weighted by molar-refractivity contribution is 9.10. The summed E-state index contributed by atoms with van der Waals surface area (Å²) >= 11 is 3.40. The molecular weight excluding hydrogens is 336 g/mol. The molecule has 0 unspecified atom stereocenters. The normalized spacial score (nSPS) is 11.4. The van der Waals surface area contributed by atoms with Crippen LogP contribution >= 0.6 is 15.9 Å². The van der Waals surface area contributed by atoms with E-state index in [1.54, 1.807) is 18.2 Å². The van der Waals surface area contributed by atoms with Gasteiger partial charge in [0.2, 0.25) is 0 Å². The van der Waals surface area contributed by atoms with Crippen LogP contribution in [-0.2, 0) is 6.42 Å². The van der Waals surface area contributed by atoms with Crippen LogP contribution in [0.4, 0.5) is 0 Å². The quantitative estimate of drug-likeness (QED) is 0.335. The van der Waals surface area contributed by atoms with Gasteiger partial charge in [-0.15, -0.1) is 0 Å². The van der Waals surface area contributed by atoms with Crippen molar-refractivity contribution >= 4 is 21.8 Å². The number of rotatable bonds is 5. The van der Waals surface area contributed by atoms with Crippen LogP contribution in [0.2, 0.25) is 0 Å². The lowest BCUT2D eigenvalue weighted by Crippen LogP contribution is -2.12. The first-order valence-electron chi connectivity index (χ1n) is 6.29. The Bertz CT molecular complexity index is 659. The largest absolute Gasteiger partial charge is 0.456 e. The maximum atomic E-state index is 9.07. The van der Waals surface area contributed by atoms with Gasteiger partial charge in [-0.25, -0.2) is 0 Å². The van der Waals surface area contributed by atoms with Crippen LogP contribution in [0.5, 0.6) is 11.5 Å². The highest BCUT2D eigenvalue weighted by Gasteiger charge is 2.09. The molecule has 0 spiro atoms. The number of para-hydroxylation sites is 1. The first kappa shape index (κ1) is 15.3. The zero-order valence-corrected chi connectivity index (χ0v) is 12.7. The van der Waals surface area contributed by atoms with Gasteiger partial charge in [-0.2, -0.15) is 0 Å². The molecule has 6 heteroatoms. The Balaban J connectivity index is 2.28. The number of hydrogen-bond donors (Lipinski definition) is 3.